The summed E-state index contributed by atoms with van der Waals surface area (Å²) in [4.78, 5) is 4.26. The lowest BCUT2D eigenvalue weighted by Gasteiger charge is -2.21. The summed E-state index contributed by atoms with van der Waals surface area (Å²) in [5.41, 5.74) is 0.295. The van der Waals surface area contributed by atoms with Gasteiger partial charge in [-0.25, -0.2) is 10.3 Å². The van der Waals surface area contributed by atoms with Crippen LogP contribution in [0.3, 0.4) is 0 Å². The Labute approximate surface area is 67.4 Å². The molecule has 0 spiro atoms. The molecule has 1 aliphatic carbocycles. The third kappa shape index (κ3) is 1.06. The maximum Gasteiger partial charge on any atom is 0.134 e. The highest BCUT2D eigenvalue weighted by Crippen LogP contribution is 2.39. The van der Waals surface area contributed by atoms with Gasteiger partial charge >= 0.3 is 0 Å². The minimum absolute atomic E-state index is 0.295. The van der Waals surface area contributed by atoms with Gasteiger partial charge in [0.15, 0.2) is 0 Å². The zero-order valence-electron chi connectivity index (χ0n) is 6.88. The Hall–Kier alpha value is -0.790. The van der Waals surface area contributed by atoms with E-state index in [1.54, 1.807) is 12.4 Å². The second-order valence-electron chi connectivity index (χ2n) is 3.65. The number of hydrogen-bond donors (Lipinski definition) is 0. The van der Waals surface area contributed by atoms with Crippen molar-refractivity contribution in [3.8, 4) is 0 Å². The van der Waals surface area contributed by atoms with Crippen LogP contribution in [0, 0.1) is 5.41 Å². The Morgan fingerprint density at radius 3 is 2.55 bits per heavy atom. The van der Waals surface area contributed by atoms with Crippen molar-refractivity contribution < 1.29 is 0 Å². The predicted molar refractivity (Wildman–Crippen MR) is 45.3 cm³/mol. The molecule has 0 atom stereocenters. The topological polar surface area (TPSA) is 26.5 Å². The maximum absolute atomic E-state index is 4.26. The largest absolute Gasteiger partial charge is 0.239 e. The van der Waals surface area contributed by atoms with Crippen LogP contribution in [-0.4, -0.2) is 5.84 Å². The van der Waals surface area contributed by atoms with E-state index in [1.165, 1.54) is 25.7 Å². The van der Waals surface area contributed by atoms with Crippen molar-refractivity contribution in [3.05, 3.63) is 12.4 Å². The van der Waals surface area contributed by atoms with Gasteiger partial charge in [-0.3, -0.25) is 0 Å². The van der Waals surface area contributed by atoms with Gasteiger partial charge in [0.25, 0.3) is 0 Å². The second kappa shape index (κ2) is 2.36. The van der Waals surface area contributed by atoms with Gasteiger partial charge in [0.1, 0.15) is 5.84 Å². The summed E-state index contributed by atoms with van der Waals surface area (Å²) in [6.45, 7) is 2.27. The zero-order chi connectivity index (χ0) is 7.73. The van der Waals surface area contributed by atoms with Crippen LogP contribution in [0.15, 0.2) is 17.4 Å². The number of hydrogen-bond acceptors (Lipinski definition) is 1. The van der Waals surface area contributed by atoms with Gasteiger partial charge in [-0.2, -0.15) is 0 Å². The molecule has 0 amide bonds. The molecule has 0 aromatic heterocycles. The number of nitrogens with zero attached hydrogens (tertiary/aromatic N) is 2. The summed E-state index contributed by atoms with van der Waals surface area (Å²) in [5.74, 6) is 1.05. The fourth-order valence-corrected chi connectivity index (χ4v) is 1.93. The quantitative estimate of drug-likeness (QED) is 0.545. The molecule has 59 valence electrons. The third-order valence-corrected chi connectivity index (χ3v) is 2.71. The van der Waals surface area contributed by atoms with Gasteiger partial charge in [0.2, 0.25) is 0 Å². The molecule has 1 heterocycles. The molecule has 1 fully saturated rings. The Balaban J connectivity index is 2.13. The molecule has 11 heavy (non-hydrogen) atoms. The SMILES string of the molecule is CC1(C2=NC=C[N]2)CCCC1. The minimum Gasteiger partial charge on any atom is -0.239 e. The smallest absolute Gasteiger partial charge is 0.134 e. The van der Waals surface area contributed by atoms with Gasteiger partial charge in [-0.05, 0) is 12.8 Å². The number of amidine groups is 1. The van der Waals surface area contributed by atoms with Crippen LogP contribution in [0.25, 0.3) is 0 Å². The van der Waals surface area contributed by atoms with E-state index in [2.05, 4.69) is 17.2 Å². The molecule has 1 aliphatic heterocycles. The lowest BCUT2D eigenvalue weighted by molar-refractivity contribution is 0.477. The van der Waals surface area contributed by atoms with Gasteiger partial charge in [-0.1, -0.05) is 19.8 Å². The van der Waals surface area contributed by atoms with Crippen LogP contribution < -0.4 is 5.32 Å². The van der Waals surface area contributed by atoms with E-state index in [4.69, 9.17) is 0 Å². The average molecular weight is 149 g/mol. The summed E-state index contributed by atoms with van der Waals surface area (Å²) < 4.78 is 0. The molecule has 0 aromatic carbocycles. The standard InChI is InChI=1S/C9H13N2/c1-9(4-2-3-5-9)8-10-6-7-11-8/h6-7H,2-5H2,1H3. The Bertz CT molecular complexity index is 210. The molecule has 0 saturated heterocycles. The summed E-state index contributed by atoms with van der Waals surface area (Å²) in [6, 6.07) is 0. The zero-order valence-corrected chi connectivity index (χ0v) is 6.88. The van der Waals surface area contributed by atoms with Crippen molar-refractivity contribution >= 4 is 5.84 Å². The highest BCUT2D eigenvalue weighted by atomic mass is 15.0. The third-order valence-electron chi connectivity index (χ3n) is 2.71. The van der Waals surface area contributed by atoms with E-state index in [1.807, 2.05) is 0 Å². The summed E-state index contributed by atoms with van der Waals surface area (Å²) >= 11 is 0. The second-order valence-corrected chi connectivity index (χ2v) is 3.65. The van der Waals surface area contributed by atoms with Crippen LogP contribution in [-0.2, 0) is 0 Å². The van der Waals surface area contributed by atoms with Crippen LogP contribution in [0.4, 0.5) is 0 Å². The van der Waals surface area contributed by atoms with Crippen molar-refractivity contribution in [1.82, 2.24) is 5.32 Å². The van der Waals surface area contributed by atoms with Gasteiger partial charge in [0, 0.05) is 17.8 Å². The van der Waals surface area contributed by atoms with Crippen LogP contribution >= 0.6 is 0 Å². The van der Waals surface area contributed by atoms with Crippen molar-refractivity contribution in [1.29, 1.82) is 0 Å². The molecule has 2 rings (SSSR count). The molecule has 0 bridgehead atoms. The van der Waals surface area contributed by atoms with E-state index < -0.39 is 0 Å². The van der Waals surface area contributed by atoms with E-state index in [9.17, 15) is 0 Å². The maximum atomic E-state index is 4.26. The van der Waals surface area contributed by atoms with Crippen LogP contribution in [0.2, 0.25) is 0 Å². The molecule has 1 saturated carbocycles. The first kappa shape index (κ1) is 6.89. The summed E-state index contributed by atoms with van der Waals surface area (Å²) in [7, 11) is 0. The Kier molecular flexibility index (Phi) is 1.48. The molecular weight excluding hydrogens is 136 g/mol. The summed E-state index contributed by atoms with van der Waals surface area (Å²) in [5, 5.41) is 4.26. The van der Waals surface area contributed by atoms with Gasteiger partial charge < -0.3 is 0 Å². The van der Waals surface area contributed by atoms with Crippen molar-refractivity contribution in [2.45, 2.75) is 32.6 Å². The van der Waals surface area contributed by atoms with Crippen molar-refractivity contribution in [2.24, 2.45) is 10.4 Å². The molecule has 2 aliphatic rings. The summed E-state index contributed by atoms with van der Waals surface area (Å²) in [6.07, 6.45) is 8.78. The number of rotatable bonds is 1. The molecular formula is C9H13N2. The molecule has 0 N–H and O–H groups in total. The normalized spacial score (nSPS) is 26.8. The lowest BCUT2D eigenvalue weighted by Crippen LogP contribution is -2.28. The highest BCUT2D eigenvalue weighted by molar-refractivity contribution is 5.90. The monoisotopic (exact) mass is 149 g/mol. The molecule has 1 radical (unpaired) electrons. The molecule has 0 aromatic rings. The van der Waals surface area contributed by atoms with Gasteiger partial charge in [0.05, 0.1) is 0 Å². The minimum atomic E-state index is 0.295. The van der Waals surface area contributed by atoms with Crippen LogP contribution in [0.1, 0.15) is 32.6 Å². The Morgan fingerprint density at radius 2 is 2.00 bits per heavy atom. The average Bonchev–Trinajstić information content (AvgIpc) is 2.55. The first-order valence-electron chi connectivity index (χ1n) is 4.25. The molecule has 2 nitrogen and oxygen atoms in total. The van der Waals surface area contributed by atoms with Crippen LogP contribution in [0.5, 0.6) is 0 Å². The van der Waals surface area contributed by atoms with Gasteiger partial charge in [-0.15, -0.1) is 0 Å². The lowest BCUT2D eigenvalue weighted by atomic mass is 9.87. The molecule has 2 heteroatoms. The van der Waals surface area contributed by atoms with E-state index in [0.29, 0.717) is 5.41 Å². The Morgan fingerprint density at radius 1 is 1.27 bits per heavy atom. The fraction of sp³-hybridized carbons (Fsp3) is 0.667. The highest BCUT2D eigenvalue weighted by Gasteiger charge is 2.35. The van der Waals surface area contributed by atoms with Crippen molar-refractivity contribution in [3.63, 3.8) is 0 Å². The number of aliphatic imine (C=N–C) groups is 1. The fourth-order valence-electron chi connectivity index (χ4n) is 1.93. The predicted octanol–water partition coefficient (Wildman–Crippen LogP) is 2.05. The van der Waals surface area contributed by atoms with E-state index >= 15 is 0 Å². The first-order valence-corrected chi connectivity index (χ1v) is 4.25. The molecule has 0 unspecified atom stereocenters. The first-order chi connectivity index (χ1) is 5.31. The van der Waals surface area contributed by atoms with Crippen molar-refractivity contribution in [2.75, 3.05) is 0 Å². The van der Waals surface area contributed by atoms with E-state index in [-0.39, 0.29) is 0 Å². The van der Waals surface area contributed by atoms with E-state index in [0.717, 1.165) is 5.84 Å².